The number of hydrogen-bond donors (Lipinski definition) is 1. The van der Waals surface area contributed by atoms with E-state index >= 15 is 0 Å². The van der Waals surface area contributed by atoms with Gasteiger partial charge >= 0.3 is 5.97 Å². The average molecular weight is 195 g/mol. The molecule has 1 N–H and O–H groups in total. The molecule has 0 spiro atoms. The number of imidazole rings is 1. The van der Waals surface area contributed by atoms with Gasteiger partial charge in [0, 0.05) is 31.7 Å². The van der Waals surface area contributed by atoms with Gasteiger partial charge in [-0.25, -0.2) is 9.78 Å². The Morgan fingerprint density at radius 2 is 2.57 bits per heavy atom. The standard InChI is InChI=1S/C9H13N3O2/c1-12-6-5-11-8(12)7-10-4-3-9(13)14-2/h3-6,10H,7H2,1-2H3/b4-3+. The van der Waals surface area contributed by atoms with Gasteiger partial charge < -0.3 is 14.6 Å². The van der Waals surface area contributed by atoms with Crippen LogP contribution in [-0.4, -0.2) is 22.6 Å². The lowest BCUT2D eigenvalue weighted by molar-refractivity contribution is -0.134. The third kappa shape index (κ3) is 2.93. The summed E-state index contributed by atoms with van der Waals surface area (Å²) in [6.45, 7) is 0.580. The van der Waals surface area contributed by atoms with Crippen molar-refractivity contribution in [3.63, 3.8) is 0 Å². The van der Waals surface area contributed by atoms with E-state index in [-0.39, 0.29) is 5.97 Å². The fraction of sp³-hybridized carbons (Fsp3) is 0.333. The highest BCUT2D eigenvalue weighted by Gasteiger charge is 1.95. The van der Waals surface area contributed by atoms with Crippen LogP contribution in [0.3, 0.4) is 0 Å². The second-order valence-electron chi connectivity index (χ2n) is 2.69. The molecule has 14 heavy (non-hydrogen) atoms. The van der Waals surface area contributed by atoms with Gasteiger partial charge in [0.2, 0.25) is 0 Å². The van der Waals surface area contributed by atoms with Crippen LogP contribution < -0.4 is 5.32 Å². The van der Waals surface area contributed by atoms with Crippen LogP contribution >= 0.6 is 0 Å². The second kappa shape index (κ2) is 5.06. The van der Waals surface area contributed by atoms with Crippen molar-refractivity contribution in [2.45, 2.75) is 6.54 Å². The molecule has 0 bridgehead atoms. The normalized spacial score (nSPS) is 10.4. The third-order valence-corrected chi connectivity index (χ3v) is 1.72. The molecule has 5 nitrogen and oxygen atoms in total. The van der Waals surface area contributed by atoms with E-state index in [2.05, 4.69) is 15.0 Å². The highest BCUT2D eigenvalue weighted by Crippen LogP contribution is 1.92. The van der Waals surface area contributed by atoms with Crippen molar-refractivity contribution in [1.82, 2.24) is 14.9 Å². The molecule has 0 atom stereocenters. The number of carbonyl (C=O) groups excluding carboxylic acids is 1. The molecule has 1 heterocycles. The first-order chi connectivity index (χ1) is 6.74. The summed E-state index contributed by atoms with van der Waals surface area (Å²) in [7, 11) is 3.25. The zero-order chi connectivity index (χ0) is 10.4. The van der Waals surface area contributed by atoms with Crippen LogP contribution in [0.25, 0.3) is 0 Å². The maximum absolute atomic E-state index is 10.7. The highest BCUT2D eigenvalue weighted by molar-refractivity contribution is 5.81. The van der Waals surface area contributed by atoms with E-state index in [4.69, 9.17) is 0 Å². The lowest BCUT2D eigenvalue weighted by atomic mass is 10.5. The molecule has 0 unspecified atom stereocenters. The minimum atomic E-state index is -0.377. The first-order valence-corrected chi connectivity index (χ1v) is 4.18. The smallest absolute Gasteiger partial charge is 0.331 e. The number of aromatic nitrogens is 2. The number of nitrogens with zero attached hydrogens (tertiary/aromatic N) is 2. The molecular weight excluding hydrogens is 182 g/mol. The molecule has 1 aromatic heterocycles. The molecule has 0 radical (unpaired) electrons. The fourth-order valence-corrected chi connectivity index (χ4v) is 0.912. The number of hydrogen-bond acceptors (Lipinski definition) is 4. The topological polar surface area (TPSA) is 56.1 Å². The van der Waals surface area contributed by atoms with Crippen molar-refractivity contribution >= 4 is 5.97 Å². The summed E-state index contributed by atoms with van der Waals surface area (Å²) in [4.78, 5) is 14.8. The number of carbonyl (C=O) groups is 1. The fourth-order valence-electron chi connectivity index (χ4n) is 0.912. The van der Waals surface area contributed by atoms with Crippen LogP contribution in [0, 0.1) is 0 Å². The number of rotatable bonds is 4. The Labute approximate surface area is 82.4 Å². The van der Waals surface area contributed by atoms with E-state index in [9.17, 15) is 4.79 Å². The molecule has 0 aromatic carbocycles. The van der Waals surface area contributed by atoms with Gasteiger partial charge in [-0.1, -0.05) is 0 Å². The first kappa shape index (κ1) is 10.3. The molecular formula is C9H13N3O2. The van der Waals surface area contributed by atoms with Gasteiger partial charge in [0.15, 0.2) is 0 Å². The Balaban J connectivity index is 2.32. The quantitative estimate of drug-likeness (QED) is 0.550. The summed E-state index contributed by atoms with van der Waals surface area (Å²) in [5, 5.41) is 2.93. The number of esters is 1. The molecule has 0 saturated carbocycles. The SMILES string of the molecule is COC(=O)/C=C/NCc1nccn1C. The second-order valence-corrected chi connectivity index (χ2v) is 2.69. The largest absolute Gasteiger partial charge is 0.466 e. The monoisotopic (exact) mass is 195 g/mol. The van der Waals surface area contributed by atoms with E-state index in [0.717, 1.165) is 5.82 Å². The molecule has 5 heteroatoms. The predicted molar refractivity (Wildman–Crippen MR) is 51.2 cm³/mol. The zero-order valence-electron chi connectivity index (χ0n) is 8.23. The number of nitrogens with one attached hydrogen (secondary N) is 1. The summed E-state index contributed by atoms with van der Waals surface area (Å²) >= 11 is 0. The molecule has 0 fully saturated rings. The lowest BCUT2D eigenvalue weighted by Crippen LogP contribution is -2.10. The highest BCUT2D eigenvalue weighted by atomic mass is 16.5. The Morgan fingerprint density at radius 3 is 3.14 bits per heavy atom. The van der Waals surface area contributed by atoms with E-state index in [1.54, 1.807) is 12.4 Å². The van der Waals surface area contributed by atoms with E-state index in [1.807, 2.05) is 17.8 Å². The van der Waals surface area contributed by atoms with Crippen LogP contribution in [0.5, 0.6) is 0 Å². The van der Waals surface area contributed by atoms with Crippen LogP contribution in [0.2, 0.25) is 0 Å². The Morgan fingerprint density at radius 1 is 1.79 bits per heavy atom. The molecule has 1 aromatic rings. The van der Waals surface area contributed by atoms with Gasteiger partial charge in [0.1, 0.15) is 5.82 Å². The van der Waals surface area contributed by atoms with Crippen LogP contribution in [0.1, 0.15) is 5.82 Å². The van der Waals surface area contributed by atoms with Crippen molar-refractivity contribution in [3.05, 3.63) is 30.5 Å². The summed E-state index contributed by atoms with van der Waals surface area (Å²) in [6.07, 6.45) is 6.45. The summed E-state index contributed by atoms with van der Waals surface area (Å²) < 4.78 is 6.33. The van der Waals surface area contributed by atoms with Gasteiger partial charge in [0.05, 0.1) is 13.7 Å². The zero-order valence-corrected chi connectivity index (χ0v) is 8.23. The summed E-state index contributed by atoms with van der Waals surface area (Å²) in [5.41, 5.74) is 0. The Bertz CT molecular complexity index is 331. The van der Waals surface area contributed by atoms with Crippen LogP contribution in [0.15, 0.2) is 24.7 Å². The Hall–Kier alpha value is -1.78. The first-order valence-electron chi connectivity index (χ1n) is 4.18. The van der Waals surface area contributed by atoms with E-state index in [1.165, 1.54) is 13.2 Å². The van der Waals surface area contributed by atoms with Gasteiger partial charge in [-0.2, -0.15) is 0 Å². The maximum atomic E-state index is 10.7. The number of ether oxygens (including phenoxy) is 1. The third-order valence-electron chi connectivity index (χ3n) is 1.72. The molecule has 0 aliphatic heterocycles. The number of aryl methyl sites for hydroxylation is 1. The summed E-state index contributed by atoms with van der Waals surface area (Å²) in [6, 6.07) is 0. The van der Waals surface area contributed by atoms with Crippen molar-refractivity contribution in [2.24, 2.45) is 7.05 Å². The minimum absolute atomic E-state index is 0.377. The van der Waals surface area contributed by atoms with E-state index in [0.29, 0.717) is 6.54 Å². The van der Waals surface area contributed by atoms with Gasteiger partial charge in [-0.3, -0.25) is 0 Å². The van der Waals surface area contributed by atoms with E-state index < -0.39 is 0 Å². The molecule has 0 saturated heterocycles. The predicted octanol–water partition coefficient (Wildman–Crippen LogP) is 0.196. The molecule has 0 aliphatic carbocycles. The maximum Gasteiger partial charge on any atom is 0.331 e. The van der Waals surface area contributed by atoms with Crippen molar-refractivity contribution in [3.8, 4) is 0 Å². The van der Waals surface area contributed by atoms with Gasteiger partial charge in [-0.05, 0) is 0 Å². The average Bonchev–Trinajstić information content (AvgIpc) is 2.58. The Kier molecular flexibility index (Phi) is 3.72. The van der Waals surface area contributed by atoms with Crippen LogP contribution in [0.4, 0.5) is 0 Å². The molecule has 0 aliphatic rings. The van der Waals surface area contributed by atoms with Crippen molar-refractivity contribution in [2.75, 3.05) is 7.11 Å². The lowest BCUT2D eigenvalue weighted by Gasteiger charge is -2.00. The number of methoxy groups -OCH3 is 1. The van der Waals surface area contributed by atoms with Crippen LogP contribution in [-0.2, 0) is 23.1 Å². The molecule has 0 amide bonds. The van der Waals surface area contributed by atoms with Crippen molar-refractivity contribution in [1.29, 1.82) is 0 Å². The minimum Gasteiger partial charge on any atom is -0.466 e. The van der Waals surface area contributed by atoms with Gasteiger partial charge in [0.25, 0.3) is 0 Å². The molecule has 1 rings (SSSR count). The molecule has 76 valence electrons. The van der Waals surface area contributed by atoms with Gasteiger partial charge in [-0.15, -0.1) is 0 Å². The summed E-state index contributed by atoms with van der Waals surface area (Å²) in [5.74, 6) is 0.525. The van der Waals surface area contributed by atoms with Crippen molar-refractivity contribution < 1.29 is 9.53 Å².